The molecule has 3 heterocycles. The summed E-state index contributed by atoms with van der Waals surface area (Å²) < 4.78 is 12.9. The van der Waals surface area contributed by atoms with Crippen LogP contribution in [-0.2, 0) is 4.74 Å². The number of hydrogen-bond donors (Lipinski definition) is 0. The van der Waals surface area contributed by atoms with Crippen molar-refractivity contribution >= 4 is 27.4 Å². The fraction of sp³-hybridized carbons (Fsp3) is 0.154. The number of oxazole rings is 1. The highest BCUT2D eigenvalue weighted by Gasteiger charge is 2.15. The van der Waals surface area contributed by atoms with E-state index >= 15 is 0 Å². The Labute approximate surface area is 122 Å². The number of nitrogens with zero attached hydrogens (tertiary/aromatic N) is 3. The highest BCUT2D eigenvalue weighted by atomic mass is 79.9. The quantitative estimate of drug-likeness (QED) is 0.688. The number of ether oxygens (including phenoxy) is 1. The van der Waals surface area contributed by atoms with Gasteiger partial charge in [0.1, 0.15) is 0 Å². The van der Waals surface area contributed by atoms with Crippen LogP contribution in [0.5, 0.6) is 0 Å². The van der Waals surface area contributed by atoms with Gasteiger partial charge in [0.2, 0.25) is 11.7 Å². The van der Waals surface area contributed by atoms with Gasteiger partial charge in [-0.1, -0.05) is 0 Å². The third-order valence-corrected chi connectivity index (χ3v) is 3.31. The van der Waals surface area contributed by atoms with Crippen molar-refractivity contribution in [3.63, 3.8) is 0 Å². The molecular formula is C13H10BrN3O3. The van der Waals surface area contributed by atoms with E-state index in [1.165, 1.54) is 6.20 Å². The van der Waals surface area contributed by atoms with Crippen molar-refractivity contribution in [2.24, 2.45) is 0 Å². The average Bonchev–Trinajstić information content (AvgIpc) is 3.06. The Kier molecular flexibility index (Phi) is 3.27. The summed E-state index contributed by atoms with van der Waals surface area (Å²) in [7, 11) is 0. The molecule has 3 rings (SSSR count). The number of rotatable bonds is 3. The molecule has 102 valence electrons. The largest absolute Gasteiger partial charge is 0.460 e. The maximum absolute atomic E-state index is 11.5. The van der Waals surface area contributed by atoms with Gasteiger partial charge in [-0.05, 0) is 35.0 Å². The monoisotopic (exact) mass is 335 g/mol. The molecule has 0 amide bonds. The van der Waals surface area contributed by atoms with E-state index in [9.17, 15) is 4.79 Å². The van der Waals surface area contributed by atoms with Gasteiger partial charge in [0.05, 0.1) is 29.0 Å². The first kappa shape index (κ1) is 12.9. The molecule has 0 aromatic carbocycles. The predicted molar refractivity (Wildman–Crippen MR) is 74.3 cm³/mol. The number of fused-ring (bicyclic) bond motifs is 1. The summed E-state index contributed by atoms with van der Waals surface area (Å²) in [4.78, 5) is 15.6. The molecule has 0 bridgehead atoms. The van der Waals surface area contributed by atoms with E-state index in [1.807, 2.05) is 12.1 Å². The zero-order chi connectivity index (χ0) is 14.1. The summed E-state index contributed by atoms with van der Waals surface area (Å²) in [6, 6.07) is 3.69. The molecule has 3 aromatic rings. The van der Waals surface area contributed by atoms with E-state index < -0.39 is 5.97 Å². The Balaban J connectivity index is 1.98. The Hall–Kier alpha value is -2.15. The molecule has 0 fully saturated rings. The van der Waals surface area contributed by atoms with Crippen molar-refractivity contribution in [2.45, 2.75) is 6.92 Å². The summed E-state index contributed by atoms with van der Waals surface area (Å²) in [6.45, 7) is 2.03. The Morgan fingerprint density at radius 3 is 3.15 bits per heavy atom. The SMILES string of the molecule is CCOC(=O)c1cnc(-c2ccn3ncc(Br)c3c2)o1. The molecule has 6 nitrogen and oxygen atoms in total. The Morgan fingerprint density at radius 1 is 1.50 bits per heavy atom. The van der Waals surface area contributed by atoms with Crippen LogP contribution in [0, 0.1) is 0 Å². The number of esters is 1. The molecule has 0 saturated heterocycles. The van der Waals surface area contributed by atoms with Crippen molar-refractivity contribution in [3.8, 4) is 11.5 Å². The van der Waals surface area contributed by atoms with E-state index in [0.29, 0.717) is 12.5 Å². The molecule has 0 spiro atoms. The molecule has 0 aliphatic heterocycles. The van der Waals surface area contributed by atoms with E-state index in [1.54, 1.807) is 23.8 Å². The van der Waals surface area contributed by atoms with Gasteiger partial charge in [-0.15, -0.1) is 0 Å². The molecular weight excluding hydrogens is 326 g/mol. The van der Waals surface area contributed by atoms with Crippen LogP contribution in [-0.4, -0.2) is 27.2 Å². The number of aromatic nitrogens is 3. The minimum Gasteiger partial charge on any atom is -0.460 e. The fourth-order valence-electron chi connectivity index (χ4n) is 1.79. The molecule has 0 atom stereocenters. The van der Waals surface area contributed by atoms with Crippen LogP contribution in [0.2, 0.25) is 0 Å². The van der Waals surface area contributed by atoms with Crippen LogP contribution in [0.1, 0.15) is 17.5 Å². The van der Waals surface area contributed by atoms with Gasteiger partial charge in [0, 0.05) is 11.8 Å². The summed E-state index contributed by atoms with van der Waals surface area (Å²) >= 11 is 3.41. The molecule has 0 aliphatic carbocycles. The highest BCUT2D eigenvalue weighted by Crippen LogP contribution is 2.24. The lowest BCUT2D eigenvalue weighted by Crippen LogP contribution is -2.02. The highest BCUT2D eigenvalue weighted by molar-refractivity contribution is 9.10. The van der Waals surface area contributed by atoms with Crippen LogP contribution in [0.15, 0.2) is 39.6 Å². The van der Waals surface area contributed by atoms with Gasteiger partial charge in [-0.2, -0.15) is 5.10 Å². The third-order valence-electron chi connectivity index (χ3n) is 2.70. The minimum atomic E-state index is -0.516. The Bertz CT molecular complexity index is 778. The van der Waals surface area contributed by atoms with Crippen LogP contribution in [0.3, 0.4) is 0 Å². The minimum absolute atomic E-state index is 0.0919. The number of pyridine rings is 1. The zero-order valence-corrected chi connectivity index (χ0v) is 12.1. The maximum atomic E-state index is 11.5. The first-order chi connectivity index (χ1) is 9.69. The molecule has 0 radical (unpaired) electrons. The maximum Gasteiger partial charge on any atom is 0.375 e. The molecule has 20 heavy (non-hydrogen) atoms. The van der Waals surface area contributed by atoms with Gasteiger partial charge in [0.25, 0.3) is 0 Å². The summed E-state index contributed by atoms with van der Waals surface area (Å²) in [5, 5.41) is 4.16. The van der Waals surface area contributed by atoms with E-state index in [2.05, 4.69) is 26.0 Å². The van der Waals surface area contributed by atoms with Gasteiger partial charge >= 0.3 is 5.97 Å². The standard InChI is InChI=1S/C13H10BrN3O3/c1-2-19-13(18)11-7-15-12(20-11)8-3-4-17-10(5-8)9(14)6-16-17/h3-7H,2H2,1H3. The number of halogens is 1. The normalized spacial score (nSPS) is 10.9. The van der Waals surface area contributed by atoms with Crippen molar-refractivity contribution in [1.82, 2.24) is 14.6 Å². The van der Waals surface area contributed by atoms with Crippen molar-refractivity contribution < 1.29 is 13.9 Å². The van der Waals surface area contributed by atoms with Gasteiger partial charge < -0.3 is 9.15 Å². The number of carbonyl (C=O) groups is 1. The van der Waals surface area contributed by atoms with E-state index in [0.717, 1.165) is 15.6 Å². The lowest BCUT2D eigenvalue weighted by Gasteiger charge is -1.98. The summed E-state index contributed by atoms with van der Waals surface area (Å²) in [5.74, 6) is -0.0594. The first-order valence-corrected chi connectivity index (χ1v) is 6.74. The zero-order valence-electron chi connectivity index (χ0n) is 10.5. The fourth-order valence-corrected chi connectivity index (χ4v) is 2.18. The second-order valence-electron chi connectivity index (χ2n) is 3.99. The molecule has 0 unspecified atom stereocenters. The molecule has 3 aromatic heterocycles. The summed E-state index contributed by atoms with van der Waals surface area (Å²) in [6.07, 6.45) is 4.87. The van der Waals surface area contributed by atoms with Gasteiger partial charge in [-0.25, -0.2) is 14.3 Å². The van der Waals surface area contributed by atoms with E-state index in [-0.39, 0.29) is 5.76 Å². The molecule has 7 heteroatoms. The smallest absolute Gasteiger partial charge is 0.375 e. The van der Waals surface area contributed by atoms with Gasteiger partial charge in [0.15, 0.2) is 0 Å². The third kappa shape index (κ3) is 2.20. The van der Waals surface area contributed by atoms with Crippen LogP contribution in [0.4, 0.5) is 0 Å². The van der Waals surface area contributed by atoms with Gasteiger partial charge in [-0.3, -0.25) is 0 Å². The average molecular weight is 336 g/mol. The lowest BCUT2D eigenvalue weighted by molar-refractivity contribution is 0.0491. The topological polar surface area (TPSA) is 69.6 Å². The van der Waals surface area contributed by atoms with E-state index in [4.69, 9.17) is 9.15 Å². The summed E-state index contributed by atoms with van der Waals surface area (Å²) in [5.41, 5.74) is 1.65. The number of hydrogen-bond acceptors (Lipinski definition) is 5. The second-order valence-corrected chi connectivity index (χ2v) is 4.84. The van der Waals surface area contributed by atoms with Crippen LogP contribution < -0.4 is 0 Å². The predicted octanol–water partition coefficient (Wildman–Crippen LogP) is 2.93. The van der Waals surface area contributed by atoms with Crippen LogP contribution in [0.25, 0.3) is 17.0 Å². The first-order valence-electron chi connectivity index (χ1n) is 5.95. The van der Waals surface area contributed by atoms with Crippen molar-refractivity contribution in [3.05, 3.63) is 41.0 Å². The van der Waals surface area contributed by atoms with Crippen LogP contribution >= 0.6 is 15.9 Å². The van der Waals surface area contributed by atoms with Crippen molar-refractivity contribution in [1.29, 1.82) is 0 Å². The second kappa shape index (κ2) is 5.09. The Morgan fingerprint density at radius 2 is 2.35 bits per heavy atom. The molecule has 0 N–H and O–H groups in total. The number of carbonyl (C=O) groups excluding carboxylic acids is 1. The lowest BCUT2D eigenvalue weighted by atomic mass is 10.2. The van der Waals surface area contributed by atoms with Crippen molar-refractivity contribution in [2.75, 3.05) is 6.61 Å². The molecule has 0 saturated carbocycles. The molecule has 0 aliphatic rings.